The first-order valence-corrected chi connectivity index (χ1v) is 10.7. The number of nitrogens with zero attached hydrogens (tertiary/aromatic N) is 2. The van der Waals surface area contributed by atoms with E-state index in [1.165, 1.54) is 0 Å². The van der Waals surface area contributed by atoms with E-state index in [0.29, 0.717) is 25.3 Å². The lowest BCUT2D eigenvalue weighted by Gasteiger charge is -2.32. The minimum Gasteiger partial charge on any atom is -0.496 e. The van der Waals surface area contributed by atoms with Crippen molar-refractivity contribution >= 4 is 33.4 Å². The Balaban J connectivity index is 1.41. The second-order valence-electron chi connectivity index (χ2n) is 7.38. The number of nitrogens with one attached hydrogen (secondary N) is 1. The van der Waals surface area contributed by atoms with Gasteiger partial charge in [0, 0.05) is 32.2 Å². The lowest BCUT2D eigenvalue weighted by molar-refractivity contribution is -0.126. The van der Waals surface area contributed by atoms with E-state index in [9.17, 15) is 9.59 Å². The van der Waals surface area contributed by atoms with E-state index >= 15 is 0 Å². The molecule has 0 aliphatic carbocycles. The molecule has 6 nitrogen and oxygen atoms in total. The van der Waals surface area contributed by atoms with E-state index < -0.39 is 0 Å². The van der Waals surface area contributed by atoms with Crippen LogP contribution >= 0.6 is 11.3 Å². The maximum atomic E-state index is 13.1. The van der Waals surface area contributed by atoms with Crippen LogP contribution in [0.3, 0.4) is 0 Å². The lowest BCUT2D eigenvalue weighted by Crippen LogP contribution is -2.45. The van der Waals surface area contributed by atoms with Crippen molar-refractivity contribution in [3.05, 3.63) is 53.0 Å². The average Bonchev–Trinajstić information content (AvgIpc) is 3.34. The van der Waals surface area contributed by atoms with Crippen molar-refractivity contribution in [3.8, 4) is 5.75 Å². The molecule has 1 saturated heterocycles. The van der Waals surface area contributed by atoms with Crippen LogP contribution in [-0.2, 0) is 18.4 Å². The van der Waals surface area contributed by atoms with Crippen molar-refractivity contribution in [2.45, 2.75) is 19.4 Å². The molecule has 1 aliphatic heterocycles. The molecule has 0 saturated carbocycles. The molecule has 0 radical (unpaired) electrons. The van der Waals surface area contributed by atoms with E-state index in [1.807, 2.05) is 58.3 Å². The van der Waals surface area contributed by atoms with Gasteiger partial charge >= 0.3 is 0 Å². The first-order chi connectivity index (χ1) is 14.1. The smallest absolute Gasteiger partial charge is 0.270 e. The molecule has 1 aliphatic rings. The number of hydrogen-bond donors (Lipinski definition) is 1. The Morgan fingerprint density at radius 2 is 2.10 bits per heavy atom. The molecular formula is C22H25N3O3S. The van der Waals surface area contributed by atoms with Crippen molar-refractivity contribution in [2.24, 2.45) is 13.0 Å². The molecule has 152 valence electrons. The summed E-state index contributed by atoms with van der Waals surface area (Å²) in [5.74, 6) is 0.556. The van der Waals surface area contributed by atoms with E-state index in [2.05, 4.69) is 5.32 Å². The standard InChI is InChI=1S/C22H25N3O3S/c1-24-17-9-11-29-20(17)12-18(24)22(27)25-10-5-7-16(14-25)21(26)23-13-15-6-3-4-8-19(15)28-2/h3-4,6,8-9,11-12,16H,5,7,10,13-14H2,1-2H3,(H,23,26). The van der Waals surface area contributed by atoms with Crippen LogP contribution < -0.4 is 10.1 Å². The Labute approximate surface area is 174 Å². The number of benzene rings is 1. The number of amides is 2. The summed E-state index contributed by atoms with van der Waals surface area (Å²) in [4.78, 5) is 27.6. The number of carbonyl (C=O) groups is 2. The van der Waals surface area contributed by atoms with Gasteiger partial charge in [0.1, 0.15) is 11.4 Å². The van der Waals surface area contributed by atoms with Gasteiger partial charge in [-0.1, -0.05) is 18.2 Å². The van der Waals surface area contributed by atoms with Crippen LogP contribution in [0, 0.1) is 5.92 Å². The van der Waals surface area contributed by atoms with E-state index in [1.54, 1.807) is 18.4 Å². The number of methoxy groups -OCH3 is 1. The van der Waals surface area contributed by atoms with Crippen LogP contribution in [0.5, 0.6) is 5.75 Å². The molecule has 1 unspecified atom stereocenters. The molecule has 1 aromatic carbocycles. The quantitative estimate of drug-likeness (QED) is 0.700. The van der Waals surface area contributed by atoms with Gasteiger partial charge in [0.2, 0.25) is 5.91 Å². The van der Waals surface area contributed by atoms with Gasteiger partial charge in [-0.15, -0.1) is 11.3 Å². The number of hydrogen-bond acceptors (Lipinski definition) is 4. The molecule has 3 heterocycles. The molecule has 29 heavy (non-hydrogen) atoms. The van der Waals surface area contributed by atoms with Gasteiger partial charge in [-0.3, -0.25) is 9.59 Å². The molecular weight excluding hydrogens is 386 g/mol. The Bertz CT molecular complexity index is 1040. The summed E-state index contributed by atoms with van der Waals surface area (Å²) in [6.07, 6.45) is 1.63. The van der Waals surface area contributed by atoms with Gasteiger partial charge in [-0.25, -0.2) is 0 Å². The molecule has 4 rings (SSSR count). The highest BCUT2D eigenvalue weighted by atomic mass is 32.1. The van der Waals surface area contributed by atoms with Gasteiger partial charge < -0.3 is 19.5 Å². The number of rotatable bonds is 5. The van der Waals surface area contributed by atoms with Crippen molar-refractivity contribution in [1.82, 2.24) is 14.8 Å². The third kappa shape index (κ3) is 3.87. The second-order valence-corrected chi connectivity index (χ2v) is 8.33. The molecule has 2 aromatic heterocycles. The summed E-state index contributed by atoms with van der Waals surface area (Å²) in [5.41, 5.74) is 2.69. The number of aryl methyl sites for hydroxylation is 1. The van der Waals surface area contributed by atoms with Crippen LogP contribution in [0.25, 0.3) is 10.2 Å². The maximum absolute atomic E-state index is 13.1. The summed E-state index contributed by atoms with van der Waals surface area (Å²) < 4.78 is 8.40. The molecule has 0 spiro atoms. The minimum atomic E-state index is -0.191. The summed E-state index contributed by atoms with van der Waals surface area (Å²) in [6, 6.07) is 11.6. The Hall–Kier alpha value is -2.80. The SMILES string of the molecule is COc1ccccc1CNC(=O)C1CCCN(C(=O)c2cc3sccc3n2C)C1. The van der Waals surface area contributed by atoms with Crippen LogP contribution in [0.1, 0.15) is 28.9 Å². The fourth-order valence-corrected chi connectivity index (χ4v) is 4.82. The summed E-state index contributed by atoms with van der Waals surface area (Å²) in [5, 5.41) is 5.04. The fourth-order valence-electron chi connectivity index (χ4n) is 3.97. The van der Waals surface area contributed by atoms with Crippen molar-refractivity contribution in [2.75, 3.05) is 20.2 Å². The van der Waals surface area contributed by atoms with Crippen LogP contribution in [0.4, 0.5) is 0 Å². The molecule has 7 heteroatoms. The number of ether oxygens (including phenoxy) is 1. The predicted molar refractivity (Wildman–Crippen MR) is 114 cm³/mol. The van der Waals surface area contributed by atoms with Crippen molar-refractivity contribution in [3.63, 3.8) is 0 Å². The van der Waals surface area contributed by atoms with Gasteiger partial charge in [0.15, 0.2) is 0 Å². The Kier molecular flexibility index (Phi) is 5.58. The number of piperidine rings is 1. The van der Waals surface area contributed by atoms with E-state index in [-0.39, 0.29) is 17.7 Å². The van der Waals surface area contributed by atoms with Crippen LogP contribution in [0.2, 0.25) is 0 Å². The highest BCUT2D eigenvalue weighted by Gasteiger charge is 2.30. The first kappa shape index (κ1) is 19.5. The number of aromatic nitrogens is 1. The maximum Gasteiger partial charge on any atom is 0.270 e. The van der Waals surface area contributed by atoms with E-state index in [0.717, 1.165) is 34.4 Å². The Morgan fingerprint density at radius 3 is 2.90 bits per heavy atom. The molecule has 3 aromatic rings. The van der Waals surface area contributed by atoms with Gasteiger partial charge in [0.05, 0.1) is 23.2 Å². The minimum absolute atomic E-state index is 0.00173. The van der Waals surface area contributed by atoms with Gasteiger partial charge in [-0.05, 0) is 36.4 Å². The topological polar surface area (TPSA) is 63.6 Å². The summed E-state index contributed by atoms with van der Waals surface area (Å²) in [7, 11) is 3.54. The predicted octanol–water partition coefficient (Wildman–Crippen LogP) is 3.42. The van der Waals surface area contributed by atoms with Crippen LogP contribution in [-0.4, -0.2) is 41.5 Å². The molecule has 1 atom stereocenters. The molecule has 0 bridgehead atoms. The average molecular weight is 412 g/mol. The van der Waals surface area contributed by atoms with E-state index in [4.69, 9.17) is 4.74 Å². The van der Waals surface area contributed by atoms with Gasteiger partial charge in [0.25, 0.3) is 5.91 Å². The van der Waals surface area contributed by atoms with Crippen molar-refractivity contribution in [1.29, 1.82) is 0 Å². The second kappa shape index (κ2) is 8.29. The molecule has 1 N–H and O–H groups in total. The number of fused-ring (bicyclic) bond motifs is 1. The lowest BCUT2D eigenvalue weighted by atomic mass is 9.96. The van der Waals surface area contributed by atoms with Gasteiger partial charge in [-0.2, -0.15) is 0 Å². The largest absolute Gasteiger partial charge is 0.496 e. The fraction of sp³-hybridized carbons (Fsp3) is 0.364. The zero-order valence-electron chi connectivity index (χ0n) is 16.7. The van der Waals surface area contributed by atoms with Crippen LogP contribution in [0.15, 0.2) is 41.8 Å². The highest BCUT2D eigenvalue weighted by molar-refractivity contribution is 7.17. The monoisotopic (exact) mass is 411 g/mol. The van der Waals surface area contributed by atoms with Crippen molar-refractivity contribution < 1.29 is 14.3 Å². The summed E-state index contributed by atoms with van der Waals surface area (Å²) in [6.45, 7) is 1.56. The third-order valence-electron chi connectivity index (χ3n) is 5.61. The third-order valence-corrected chi connectivity index (χ3v) is 6.46. The number of para-hydroxylation sites is 1. The zero-order valence-corrected chi connectivity index (χ0v) is 17.5. The first-order valence-electron chi connectivity index (χ1n) is 9.80. The number of likely N-dealkylation sites (tertiary alicyclic amines) is 1. The normalized spacial score (nSPS) is 16.8. The Morgan fingerprint density at radius 1 is 1.28 bits per heavy atom. The molecule has 1 fully saturated rings. The zero-order chi connectivity index (χ0) is 20.4. The summed E-state index contributed by atoms with van der Waals surface area (Å²) >= 11 is 1.63. The number of thiophene rings is 1. The number of carbonyl (C=O) groups excluding carboxylic acids is 2. The molecule has 2 amide bonds. The highest BCUT2D eigenvalue weighted by Crippen LogP contribution is 2.26.